The van der Waals surface area contributed by atoms with Crippen molar-refractivity contribution in [1.82, 2.24) is 4.90 Å². The molecule has 0 spiro atoms. The smallest absolute Gasteiger partial charge is 0.222 e. The third-order valence-corrected chi connectivity index (χ3v) is 3.35. The molecule has 0 radical (unpaired) electrons. The number of benzene rings is 1. The molecule has 2 rings (SSSR count). The van der Waals surface area contributed by atoms with Crippen LogP contribution in [0.1, 0.15) is 32.3 Å². The Morgan fingerprint density at radius 3 is 2.95 bits per heavy atom. The molecular formula is C15H19FN2O2. The van der Waals surface area contributed by atoms with Gasteiger partial charge in [-0.05, 0) is 19.1 Å². The second-order valence-corrected chi connectivity index (χ2v) is 4.77. The Morgan fingerprint density at radius 2 is 2.30 bits per heavy atom. The predicted molar refractivity (Wildman–Crippen MR) is 75.0 cm³/mol. The summed E-state index contributed by atoms with van der Waals surface area (Å²) < 4.78 is 13.2. The van der Waals surface area contributed by atoms with E-state index in [2.05, 4.69) is 5.16 Å². The molecular weight excluding hydrogens is 259 g/mol. The lowest BCUT2D eigenvalue weighted by Crippen LogP contribution is -2.37. The van der Waals surface area contributed by atoms with Crippen molar-refractivity contribution in [2.45, 2.75) is 32.8 Å². The van der Waals surface area contributed by atoms with Gasteiger partial charge in [0.05, 0.1) is 12.3 Å². The highest BCUT2D eigenvalue weighted by molar-refractivity contribution is 6.01. The lowest BCUT2D eigenvalue weighted by molar-refractivity contribution is -0.132. The summed E-state index contributed by atoms with van der Waals surface area (Å²) in [7, 11) is 0. The number of carbonyl (C=O) groups excluding carboxylic acids is 1. The molecule has 1 aromatic carbocycles. The number of hydrogen-bond acceptors (Lipinski definition) is 3. The molecule has 0 N–H and O–H groups in total. The monoisotopic (exact) mass is 278 g/mol. The average Bonchev–Trinajstić information content (AvgIpc) is 2.92. The van der Waals surface area contributed by atoms with Gasteiger partial charge in [0, 0.05) is 24.9 Å². The van der Waals surface area contributed by atoms with Crippen molar-refractivity contribution >= 4 is 11.6 Å². The van der Waals surface area contributed by atoms with Crippen LogP contribution in [-0.4, -0.2) is 35.7 Å². The molecule has 1 aromatic rings. The summed E-state index contributed by atoms with van der Waals surface area (Å²) in [4.78, 5) is 18.8. The fraction of sp³-hybridized carbons (Fsp3) is 0.467. The minimum Gasteiger partial charge on any atom is -0.390 e. The third-order valence-electron chi connectivity index (χ3n) is 3.35. The van der Waals surface area contributed by atoms with Crippen LogP contribution in [0, 0.1) is 5.82 Å². The minimum atomic E-state index is -0.287. The maximum absolute atomic E-state index is 13.2. The van der Waals surface area contributed by atoms with Gasteiger partial charge < -0.3 is 9.74 Å². The number of hydrogen-bond donors (Lipinski definition) is 0. The fourth-order valence-electron chi connectivity index (χ4n) is 2.24. The summed E-state index contributed by atoms with van der Waals surface area (Å²) in [6.07, 6.45) is 0.929. The molecule has 5 heteroatoms. The number of nitrogens with zero attached hydrogens (tertiary/aromatic N) is 2. The Bertz CT molecular complexity index is 516. The number of halogens is 1. The molecule has 0 bridgehead atoms. The SMILES string of the molecule is CCC(=O)N(CC)C[C@@H]1CC(c2cccc(F)c2)=NO1. The summed E-state index contributed by atoms with van der Waals surface area (Å²) in [5.74, 6) is -0.180. The molecule has 108 valence electrons. The zero-order valence-corrected chi connectivity index (χ0v) is 11.8. The Morgan fingerprint density at radius 1 is 1.50 bits per heavy atom. The van der Waals surface area contributed by atoms with Gasteiger partial charge in [-0.15, -0.1) is 0 Å². The second kappa shape index (κ2) is 6.50. The van der Waals surface area contributed by atoms with Gasteiger partial charge in [0.2, 0.25) is 5.91 Å². The van der Waals surface area contributed by atoms with Gasteiger partial charge in [-0.2, -0.15) is 0 Å². The van der Waals surface area contributed by atoms with Gasteiger partial charge in [-0.1, -0.05) is 24.2 Å². The van der Waals surface area contributed by atoms with Crippen molar-refractivity contribution in [3.8, 4) is 0 Å². The molecule has 1 heterocycles. The average molecular weight is 278 g/mol. The van der Waals surface area contributed by atoms with Gasteiger partial charge in [-0.3, -0.25) is 4.79 Å². The Labute approximate surface area is 118 Å². The highest BCUT2D eigenvalue weighted by Crippen LogP contribution is 2.18. The van der Waals surface area contributed by atoms with Gasteiger partial charge in [0.1, 0.15) is 5.82 Å². The van der Waals surface area contributed by atoms with Crippen LogP contribution >= 0.6 is 0 Å². The number of amides is 1. The molecule has 0 saturated heterocycles. The second-order valence-electron chi connectivity index (χ2n) is 4.77. The lowest BCUT2D eigenvalue weighted by Gasteiger charge is -2.22. The van der Waals surface area contributed by atoms with Crippen LogP contribution in [0.3, 0.4) is 0 Å². The zero-order valence-electron chi connectivity index (χ0n) is 11.8. The van der Waals surface area contributed by atoms with Crippen molar-refractivity contribution in [3.05, 3.63) is 35.6 Å². The topological polar surface area (TPSA) is 41.9 Å². The largest absolute Gasteiger partial charge is 0.390 e. The standard InChI is InChI=1S/C15H19FN2O2/c1-3-15(19)18(4-2)10-13-9-14(17-20-13)11-6-5-7-12(16)8-11/h5-8,13H,3-4,9-10H2,1-2H3/t13-/m0/s1. The maximum atomic E-state index is 13.2. The van der Waals surface area contributed by atoms with Gasteiger partial charge >= 0.3 is 0 Å². The number of oxime groups is 1. The summed E-state index contributed by atoms with van der Waals surface area (Å²) in [5.41, 5.74) is 1.46. The first-order chi connectivity index (χ1) is 9.63. The number of rotatable bonds is 5. The molecule has 0 unspecified atom stereocenters. The highest BCUT2D eigenvalue weighted by Gasteiger charge is 2.25. The van der Waals surface area contributed by atoms with Gasteiger partial charge in [0.15, 0.2) is 6.10 Å². The van der Waals surface area contributed by atoms with E-state index in [0.717, 1.165) is 11.3 Å². The van der Waals surface area contributed by atoms with E-state index in [1.54, 1.807) is 11.0 Å². The van der Waals surface area contributed by atoms with Crippen LogP contribution in [-0.2, 0) is 9.63 Å². The normalized spacial score (nSPS) is 17.6. The van der Waals surface area contributed by atoms with E-state index in [0.29, 0.717) is 25.9 Å². The van der Waals surface area contributed by atoms with E-state index in [9.17, 15) is 9.18 Å². The van der Waals surface area contributed by atoms with Crippen LogP contribution < -0.4 is 0 Å². The first-order valence-corrected chi connectivity index (χ1v) is 6.90. The molecule has 0 saturated carbocycles. The molecule has 1 aliphatic rings. The van der Waals surface area contributed by atoms with E-state index in [4.69, 9.17) is 4.84 Å². The molecule has 0 aliphatic carbocycles. The lowest BCUT2D eigenvalue weighted by atomic mass is 10.0. The van der Waals surface area contributed by atoms with Crippen LogP contribution in [0.15, 0.2) is 29.4 Å². The molecule has 1 atom stereocenters. The Kier molecular flexibility index (Phi) is 4.71. The van der Waals surface area contributed by atoms with Gasteiger partial charge in [-0.25, -0.2) is 4.39 Å². The zero-order chi connectivity index (χ0) is 14.5. The van der Waals surface area contributed by atoms with E-state index < -0.39 is 0 Å². The van der Waals surface area contributed by atoms with Crippen molar-refractivity contribution < 1.29 is 14.0 Å². The molecule has 4 nitrogen and oxygen atoms in total. The summed E-state index contributed by atoms with van der Waals surface area (Å²) in [6, 6.07) is 6.30. The molecule has 0 aromatic heterocycles. The highest BCUT2D eigenvalue weighted by atomic mass is 19.1. The van der Waals surface area contributed by atoms with Crippen LogP contribution in [0.25, 0.3) is 0 Å². The van der Waals surface area contributed by atoms with Crippen LogP contribution in [0.2, 0.25) is 0 Å². The third kappa shape index (κ3) is 3.35. The number of likely N-dealkylation sites (N-methyl/N-ethyl adjacent to an activating group) is 1. The van der Waals surface area contributed by atoms with Crippen molar-refractivity contribution in [3.63, 3.8) is 0 Å². The molecule has 20 heavy (non-hydrogen) atoms. The fourth-order valence-corrected chi connectivity index (χ4v) is 2.24. The summed E-state index contributed by atoms with van der Waals surface area (Å²) in [5, 5.41) is 4.01. The molecule has 1 amide bonds. The van der Waals surface area contributed by atoms with E-state index in [1.165, 1.54) is 12.1 Å². The summed E-state index contributed by atoms with van der Waals surface area (Å²) in [6.45, 7) is 4.96. The molecule has 1 aliphatic heterocycles. The van der Waals surface area contributed by atoms with Gasteiger partial charge in [0.25, 0.3) is 0 Å². The van der Waals surface area contributed by atoms with Crippen molar-refractivity contribution in [2.75, 3.05) is 13.1 Å². The van der Waals surface area contributed by atoms with E-state index >= 15 is 0 Å². The summed E-state index contributed by atoms with van der Waals surface area (Å²) >= 11 is 0. The number of carbonyl (C=O) groups is 1. The maximum Gasteiger partial charge on any atom is 0.222 e. The van der Waals surface area contributed by atoms with Crippen LogP contribution in [0.4, 0.5) is 4.39 Å². The Hall–Kier alpha value is -1.91. The van der Waals surface area contributed by atoms with E-state index in [-0.39, 0.29) is 17.8 Å². The predicted octanol–water partition coefficient (Wildman–Crippen LogP) is 2.58. The van der Waals surface area contributed by atoms with Crippen LogP contribution in [0.5, 0.6) is 0 Å². The van der Waals surface area contributed by atoms with Crippen molar-refractivity contribution in [1.29, 1.82) is 0 Å². The minimum absolute atomic E-state index is 0.107. The van der Waals surface area contributed by atoms with E-state index in [1.807, 2.05) is 19.9 Å². The van der Waals surface area contributed by atoms with Crippen molar-refractivity contribution in [2.24, 2.45) is 5.16 Å². The Balaban J connectivity index is 1.96. The quantitative estimate of drug-likeness (QED) is 0.830. The first kappa shape index (κ1) is 14.5. The molecule has 0 fully saturated rings. The first-order valence-electron chi connectivity index (χ1n) is 6.90.